The summed E-state index contributed by atoms with van der Waals surface area (Å²) >= 11 is 0. The molecule has 1 N–H and O–H groups in total. The lowest BCUT2D eigenvalue weighted by Gasteiger charge is -2.12. The van der Waals surface area contributed by atoms with Crippen molar-refractivity contribution in [2.24, 2.45) is 0 Å². The summed E-state index contributed by atoms with van der Waals surface area (Å²) in [6, 6.07) is 6.31. The fraction of sp³-hybridized carbons (Fsp3) is 0.350. The summed E-state index contributed by atoms with van der Waals surface area (Å²) in [5, 5.41) is 14.7. The van der Waals surface area contributed by atoms with Gasteiger partial charge in [0, 0.05) is 5.56 Å². The summed E-state index contributed by atoms with van der Waals surface area (Å²) in [7, 11) is -0.101. The predicted molar refractivity (Wildman–Crippen MR) is 110 cm³/mol. The third-order valence-corrected chi connectivity index (χ3v) is 7.05. The van der Waals surface area contributed by atoms with Crippen LogP contribution in [0.4, 0.5) is 0 Å². The number of rotatable bonds is 5. The quantitative estimate of drug-likeness (QED) is 0.654. The summed E-state index contributed by atoms with van der Waals surface area (Å²) in [4.78, 5) is 16.7. The highest BCUT2D eigenvalue weighted by Crippen LogP contribution is 2.35. The zero-order valence-electron chi connectivity index (χ0n) is 16.7. The van der Waals surface area contributed by atoms with Crippen molar-refractivity contribution in [3.05, 3.63) is 35.5 Å². The highest BCUT2D eigenvalue weighted by atomic mass is 32.2. The summed E-state index contributed by atoms with van der Waals surface area (Å²) in [6.45, 7) is 1.70. The van der Waals surface area contributed by atoms with Gasteiger partial charge >= 0.3 is 5.97 Å². The van der Waals surface area contributed by atoms with E-state index in [0.717, 1.165) is 0 Å². The number of benzene rings is 1. The Balaban J connectivity index is 1.94. The maximum absolute atomic E-state index is 12.0. The molecule has 0 spiro atoms. The van der Waals surface area contributed by atoms with Crippen LogP contribution in [0.5, 0.6) is 11.5 Å². The molecule has 0 radical (unpaired) electrons. The molecule has 2 aromatic heterocycles. The number of hydrogen-bond acceptors (Lipinski definition) is 7. The standard InChI is InChI=1S/C20H21N3O6S/c1-11-18-14(20(24)25)9-15(12-4-5-16(28-2)17(8-12)29-3)21-19(18)23(22-11)13-6-7-30(26,27)10-13/h4-5,8-9,13H,6-7,10H2,1-3H3,(H,24,25)/t13-/m1/s1. The van der Waals surface area contributed by atoms with Crippen LogP contribution in [0.25, 0.3) is 22.3 Å². The third-order valence-electron chi connectivity index (χ3n) is 5.30. The molecule has 10 heteroatoms. The minimum atomic E-state index is -3.14. The topological polar surface area (TPSA) is 121 Å². The van der Waals surface area contributed by atoms with Crippen molar-refractivity contribution < 1.29 is 27.8 Å². The molecule has 1 atom stereocenters. The molecular formula is C20H21N3O6S. The van der Waals surface area contributed by atoms with E-state index in [4.69, 9.17) is 9.47 Å². The van der Waals surface area contributed by atoms with E-state index < -0.39 is 15.8 Å². The second-order valence-corrected chi connectivity index (χ2v) is 9.44. The summed E-state index contributed by atoms with van der Waals surface area (Å²) in [6.07, 6.45) is 0.420. The Bertz CT molecular complexity index is 1270. The largest absolute Gasteiger partial charge is 0.493 e. The van der Waals surface area contributed by atoms with Crippen LogP contribution in [0.3, 0.4) is 0 Å². The van der Waals surface area contributed by atoms with E-state index in [1.165, 1.54) is 20.3 Å². The van der Waals surface area contributed by atoms with Crippen LogP contribution in [0, 0.1) is 6.92 Å². The number of carboxylic acids is 1. The van der Waals surface area contributed by atoms with Gasteiger partial charge < -0.3 is 14.6 Å². The predicted octanol–water partition coefficient (Wildman–Crippen LogP) is 2.48. The first kappa shape index (κ1) is 20.1. The number of nitrogens with zero attached hydrogens (tertiary/aromatic N) is 3. The third kappa shape index (κ3) is 3.36. The molecule has 4 rings (SSSR count). The molecule has 1 saturated heterocycles. The molecular weight excluding hydrogens is 410 g/mol. The number of aryl methyl sites for hydroxylation is 1. The summed E-state index contributed by atoms with van der Waals surface area (Å²) in [5.74, 6) is -0.0309. The summed E-state index contributed by atoms with van der Waals surface area (Å²) < 4.78 is 36.1. The van der Waals surface area contributed by atoms with Gasteiger partial charge in [0.05, 0.1) is 54.1 Å². The first-order chi connectivity index (χ1) is 14.2. The first-order valence-corrected chi connectivity index (χ1v) is 11.1. The van der Waals surface area contributed by atoms with Gasteiger partial charge in [0.1, 0.15) is 0 Å². The lowest BCUT2D eigenvalue weighted by Crippen LogP contribution is -2.13. The van der Waals surface area contributed by atoms with Gasteiger partial charge in [-0.15, -0.1) is 0 Å². The van der Waals surface area contributed by atoms with Crippen molar-refractivity contribution in [3.63, 3.8) is 0 Å². The molecule has 0 unspecified atom stereocenters. The molecule has 1 fully saturated rings. The Hall–Kier alpha value is -3.14. The number of pyridine rings is 1. The van der Waals surface area contributed by atoms with Crippen molar-refractivity contribution in [2.45, 2.75) is 19.4 Å². The Kier molecular flexibility index (Phi) is 4.89. The van der Waals surface area contributed by atoms with Crippen molar-refractivity contribution >= 4 is 26.8 Å². The Morgan fingerprint density at radius 2 is 1.93 bits per heavy atom. The molecule has 158 valence electrons. The normalized spacial score (nSPS) is 17.9. The van der Waals surface area contributed by atoms with Crippen LogP contribution in [0.15, 0.2) is 24.3 Å². The SMILES string of the molecule is COc1ccc(-c2cc(C(=O)O)c3c(C)nn([C@@H]4CCS(=O)(=O)C4)c3n2)cc1OC. The van der Waals surface area contributed by atoms with Crippen molar-refractivity contribution in [2.75, 3.05) is 25.7 Å². The van der Waals surface area contributed by atoms with Gasteiger partial charge in [-0.2, -0.15) is 5.10 Å². The van der Waals surface area contributed by atoms with Gasteiger partial charge in [0.15, 0.2) is 27.0 Å². The number of ether oxygens (including phenoxy) is 2. The highest BCUT2D eigenvalue weighted by molar-refractivity contribution is 7.91. The van der Waals surface area contributed by atoms with E-state index in [-0.39, 0.29) is 23.1 Å². The van der Waals surface area contributed by atoms with Crippen LogP contribution in [-0.2, 0) is 9.84 Å². The van der Waals surface area contributed by atoms with Gasteiger partial charge in [-0.25, -0.2) is 22.9 Å². The monoisotopic (exact) mass is 431 g/mol. The van der Waals surface area contributed by atoms with E-state index in [9.17, 15) is 18.3 Å². The summed E-state index contributed by atoms with van der Waals surface area (Å²) in [5.41, 5.74) is 1.98. The van der Waals surface area contributed by atoms with Gasteiger partial charge in [-0.05, 0) is 37.6 Å². The van der Waals surface area contributed by atoms with Crippen LogP contribution >= 0.6 is 0 Å². The lowest BCUT2D eigenvalue weighted by molar-refractivity contribution is 0.0699. The van der Waals surface area contributed by atoms with Crippen LogP contribution < -0.4 is 9.47 Å². The van der Waals surface area contributed by atoms with E-state index in [2.05, 4.69) is 10.1 Å². The maximum Gasteiger partial charge on any atom is 0.336 e. The maximum atomic E-state index is 12.0. The second kappa shape index (κ2) is 7.28. The Morgan fingerprint density at radius 1 is 1.20 bits per heavy atom. The van der Waals surface area contributed by atoms with E-state index in [1.807, 2.05) is 0 Å². The van der Waals surface area contributed by atoms with Crippen LogP contribution in [-0.4, -0.2) is 60.0 Å². The molecule has 30 heavy (non-hydrogen) atoms. The number of carboxylic acid groups (broad SMARTS) is 1. The van der Waals surface area contributed by atoms with Gasteiger partial charge in [0.25, 0.3) is 0 Å². The number of sulfone groups is 1. The molecule has 1 aliphatic heterocycles. The number of aromatic carboxylic acids is 1. The fourth-order valence-corrected chi connectivity index (χ4v) is 5.54. The number of methoxy groups -OCH3 is 2. The molecule has 0 saturated carbocycles. The number of fused-ring (bicyclic) bond motifs is 1. The molecule has 3 aromatic rings. The van der Waals surface area contributed by atoms with Gasteiger partial charge in [-0.3, -0.25) is 0 Å². The highest BCUT2D eigenvalue weighted by Gasteiger charge is 2.32. The first-order valence-electron chi connectivity index (χ1n) is 9.30. The molecule has 0 bridgehead atoms. The minimum absolute atomic E-state index is 0.0338. The van der Waals surface area contributed by atoms with Gasteiger partial charge in [0.2, 0.25) is 0 Å². The zero-order valence-corrected chi connectivity index (χ0v) is 17.6. The molecule has 1 aromatic carbocycles. The average molecular weight is 431 g/mol. The van der Waals surface area contributed by atoms with Crippen molar-refractivity contribution in [3.8, 4) is 22.8 Å². The second-order valence-electron chi connectivity index (χ2n) is 7.22. The molecule has 1 aliphatic rings. The van der Waals surface area contributed by atoms with E-state index in [0.29, 0.717) is 45.9 Å². The van der Waals surface area contributed by atoms with E-state index >= 15 is 0 Å². The van der Waals surface area contributed by atoms with Crippen LogP contribution in [0.2, 0.25) is 0 Å². The fourth-order valence-electron chi connectivity index (χ4n) is 3.85. The Labute approximate surface area is 173 Å². The van der Waals surface area contributed by atoms with E-state index in [1.54, 1.807) is 29.8 Å². The van der Waals surface area contributed by atoms with Crippen LogP contribution in [0.1, 0.15) is 28.5 Å². The average Bonchev–Trinajstić information content (AvgIpc) is 3.25. The molecule has 9 nitrogen and oxygen atoms in total. The number of carbonyl (C=O) groups is 1. The van der Waals surface area contributed by atoms with Gasteiger partial charge in [-0.1, -0.05) is 0 Å². The number of hydrogen-bond donors (Lipinski definition) is 1. The smallest absolute Gasteiger partial charge is 0.336 e. The lowest BCUT2D eigenvalue weighted by atomic mass is 10.0. The van der Waals surface area contributed by atoms with Crippen molar-refractivity contribution in [1.29, 1.82) is 0 Å². The molecule has 0 amide bonds. The molecule has 3 heterocycles. The van der Waals surface area contributed by atoms with Crippen molar-refractivity contribution in [1.82, 2.24) is 14.8 Å². The zero-order chi connectivity index (χ0) is 21.6. The molecule has 0 aliphatic carbocycles. The minimum Gasteiger partial charge on any atom is -0.493 e. The Morgan fingerprint density at radius 3 is 2.53 bits per heavy atom. The number of aromatic nitrogens is 3.